The molecular formula is C15H20ClNO2. The monoisotopic (exact) mass is 281 g/mol. The molecule has 0 spiro atoms. The number of rotatable bonds is 4. The molecule has 1 saturated carbocycles. The molecule has 4 heteroatoms. The van der Waals surface area contributed by atoms with E-state index in [1.807, 2.05) is 4.90 Å². The first-order valence-corrected chi connectivity index (χ1v) is 7.27. The summed E-state index contributed by atoms with van der Waals surface area (Å²) in [7, 11) is 0. The maximum absolute atomic E-state index is 12.5. The molecule has 0 aromatic heterocycles. The Balaban J connectivity index is 2.15. The molecule has 1 aromatic carbocycles. The van der Waals surface area contributed by atoms with E-state index < -0.39 is 0 Å². The van der Waals surface area contributed by atoms with Gasteiger partial charge in [-0.15, -0.1) is 0 Å². The van der Waals surface area contributed by atoms with Gasteiger partial charge in [0.2, 0.25) is 0 Å². The number of aliphatic hydroxyl groups is 1. The van der Waals surface area contributed by atoms with Gasteiger partial charge in [0.1, 0.15) is 0 Å². The van der Waals surface area contributed by atoms with Gasteiger partial charge in [0, 0.05) is 23.2 Å². The van der Waals surface area contributed by atoms with E-state index in [-0.39, 0.29) is 18.6 Å². The number of carbonyl (C=O) groups excluding carboxylic acids is 1. The second kappa shape index (κ2) is 6.92. The fourth-order valence-electron chi connectivity index (χ4n) is 2.74. The van der Waals surface area contributed by atoms with Gasteiger partial charge in [-0.2, -0.15) is 0 Å². The van der Waals surface area contributed by atoms with E-state index in [0.29, 0.717) is 17.1 Å². The lowest BCUT2D eigenvalue weighted by molar-refractivity contribution is 0.0585. The topological polar surface area (TPSA) is 40.5 Å². The molecule has 0 atom stereocenters. The van der Waals surface area contributed by atoms with Gasteiger partial charge in [-0.3, -0.25) is 4.79 Å². The molecule has 0 saturated heterocycles. The van der Waals surface area contributed by atoms with Crippen molar-refractivity contribution >= 4 is 17.5 Å². The van der Waals surface area contributed by atoms with Crippen molar-refractivity contribution in [1.29, 1.82) is 0 Å². The first kappa shape index (κ1) is 14.4. The van der Waals surface area contributed by atoms with Gasteiger partial charge in [-0.25, -0.2) is 0 Å². The smallest absolute Gasteiger partial charge is 0.254 e. The molecule has 1 aliphatic rings. The van der Waals surface area contributed by atoms with Gasteiger partial charge < -0.3 is 10.0 Å². The van der Waals surface area contributed by atoms with Crippen molar-refractivity contribution in [2.24, 2.45) is 0 Å². The number of hydrogen-bond donors (Lipinski definition) is 1. The quantitative estimate of drug-likeness (QED) is 0.921. The van der Waals surface area contributed by atoms with Gasteiger partial charge in [0.15, 0.2) is 0 Å². The standard InChI is InChI=1S/C15H20ClNO2/c16-13-6-4-5-12(11-13)15(19)17(9-10-18)14-7-2-1-3-8-14/h4-6,11,14,18H,1-3,7-10H2. The zero-order valence-corrected chi connectivity index (χ0v) is 11.8. The molecule has 0 radical (unpaired) electrons. The SMILES string of the molecule is O=C(c1cccc(Cl)c1)N(CCO)C1CCCCC1. The summed E-state index contributed by atoms with van der Waals surface area (Å²) in [6, 6.07) is 7.27. The Morgan fingerprint density at radius 2 is 2.05 bits per heavy atom. The minimum absolute atomic E-state index is 0.00278. The average molecular weight is 282 g/mol. The van der Waals surface area contributed by atoms with Gasteiger partial charge in [0.25, 0.3) is 5.91 Å². The lowest BCUT2D eigenvalue weighted by Crippen LogP contribution is -2.43. The van der Waals surface area contributed by atoms with Crippen LogP contribution >= 0.6 is 11.6 Å². The first-order valence-electron chi connectivity index (χ1n) is 6.90. The van der Waals surface area contributed by atoms with Crippen molar-refractivity contribution < 1.29 is 9.90 Å². The molecule has 104 valence electrons. The molecule has 0 aliphatic heterocycles. The van der Waals surface area contributed by atoms with E-state index >= 15 is 0 Å². The summed E-state index contributed by atoms with van der Waals surface area (Å²) in [6.07, 6.45) is 5.64. The molecule has 1 amide bonds. The number of benzene rings is 1. The lowest BCUT2D eigenvalue weighted by Gasteiger charge is -2.34. The van der Waals surface area contributed by atoms with Crippen LogP contribution in [0.2, 0.25) is 5.02 Å². The molecule has 0 unspecified atom stereocenters. The molecular weight excluding hydrogens is 262 g/mol. The Morgan fingerprint density at radius 3 is 2.68 bits per heavy atom. The molecule has 1 aromatic rings. The Labute approximate surface area is 119 Å². The number of carbonyl (C=O) groups is 1. The first-order chi connectivity index (χ1) is 9.22. The number of amides is 1. The molecule has 1 N–H and O–H groups in total. The van der Waals surface area contributed by atoms with Crippen LogP contribution in [0.15, 0.2) is 24.3 Å². The highest BCUT2D eigenvalue weighted by molar-refractivity contribution is 6.30. The number of nitrogens with zero attached hydrogens (tertiary/aromatic N) is 1. The van der Waals surface area contributed by atoms with Gasteiger partial charge in [-0.1, -0.05) is 36.9 Å². The lowest BCUT2D eigenvalue weighted by atomic mass is 9.93. The molecule has 1 aliphatic carbocycles. The maximum Gasteiger partial charge on any atom is 0.254 e. The Kier molecular flexibility index (Phi) is 5.23. The number of halogens is 1. The second-order valence-electron chi connectivity index (χ2n) is 5.02. The van der Waals surface area contributed by atoms with Crippen molar-refractivity contribution in [3.63, 3.8) is 0 Å². The molecule has 3 nitrogen and oxygen atoms in total. The Hall–Kier alpha value is -1.06. The largest absolute Gasteiger partial charge is 0.395 e. The summed E-state index contributed by atoms with van der Waals surface area (Å²) < 4.78 is 0. The summed E-state index contributed by atoms with van der Waals surface area (Å²) in [5.41, 5.74) is 0.603. The van der Waals surface area contributed by atoms with Crippen molar-refractivity contribution in [2.75, 3.05) is 13.2 Å². The zero-order chi connectivity index (χ0) is 13.7. The van der Waals surface area contributed by atoms with Crippen molar-refractivity contribution in [2.45, 2.75) is 38.1 Å². The van der Waals surface area contributed by atoms with Crippen LogP contribution in [0.5, 0.6) is 0 Å². The van der Waals surface area contributed by atoms with Gasteiger partial charge in [0.05, 0.1) is 6.61 Å². The van der Waals surface area contributed by atoms with Crippen LogP contribution in [0.1, 0.15) is 42.5 Å². The third-order valence-corrected chi connectivity index (χ3v) is 3.92. The van der Waals surface area contributed by atoms with Crippen molar-refractivity contribution in [3.05, 3.63) is 34.9 Å². The highest BCUT2D eigenvalue weighted by Crippen LogP contribution is 2.24. The fraction of sp³-hybridized carbons (Fsp3) is 0.533. The third kappa shape index (κ3) is 3.71. The zero-order valence-electron chi connectivity index (χ0n) is 11.0. The third-order valence-electron chi connectivity index (χ3n) is 3.69. The van der Waals surface area contributed by atoms with Crippen LogP contribution < -0.4 is 0 Å². The Morgan fingerprint density at radius 1 is 1.32 bits per heavy atom. The van der Waals surface area contributed by atoms with Gasteiger partial charge in [-0.05, 0) is 31.0 Å². The molecule has 0 heterocycles. The molecule has 2 rings (SSSR count). The summed E-state index contributed by atoms with van der Waals surface area (Å²) in [6.45, 7) is 0.402. The highest BCUT2D eigenvalue weighted by atomic mass is 35.5. The van der Waals surface area contributed by atoms with Crippen LogP contribution in [-0.4, -0.2) is 35.1 Å². The molecule has 0 bridgehead atoms. The van der Waals surface area contributed by atoms with E-state index in [4.69, 9.17) is 11.6 Å². The molecule has 19 heavy (non-hydrogen) atoms. The summed E-state index contributed by atoms with van der Waals surface area (Å²) in [5, 5.41) is 9.77. The van der Waals surface area contributed by atoms with E-state index in [0.717, 1.165) is 25.7 Å². The summed E-state index contributed by atoms with van der Waals surface area (Å²) >= 11 is 5.94. The summed E-state index contributed by atoms with van der Waals surface area (Å²) in [4.78, 5) is 14.4. The minimum atomic E-state index is -0.0246. The molecule has 1 fully saturated rings. The number of aliphatic hydroxyl groups excluding tert-OH is 1. The van der Waals surface area contributed by atoms with Gasteiger partial charge >= 0.3 is 0 Å². The maximum atomic E-state index is 12.5. The Bertz CT molecular complexity index is 430. The van der Waals surface area contributed by atoms with E-state index in [2.05, 4.69) is 0 Å². The van der Waals surface area contributed by atoms with E-state index in [1.165, 1.54) is 6.42 Å². The predicted octanol–water partition coefficient (Wildman–Crippen LogP) is 3.11. The fourth-order valence-corrected chi connectivity index (χ4v) is 2.93. The van der Waals surface area contributed by atoms with E-state index in [9.17, 15) is 9.90 Å². The van der Waals surface area contributed by atoms with Crippen LogP contribution in [-0.2, 0) is 0 Å². The second-order valence-corrected chi connectivity index (χ2v) is 5.46. The van der Waals surface area contributed by atoms with Crippen LogP contribution in [0.25, 0.3) is 0 Å². The van der Waals surface area contributed by atoms with Crippen LogP contribution in [0.4, 0.5) is 0 Å². The minimum Gasteiger partial charge on any atom is -0.395 e. The van der Waals surface area contributed by atoms with E-state index in [1.54, 1.807) is 24.3 Å². The number of hydrogen-bond acceptors (Lipinski definition) is 2. The highest BCUT2D eigenvalue weighted by Gasteiger charge is 2.25. The predicted molar refractivity (Wildman–Crippen MR) is 76.4 cm³/mol. The normalized spacial score (nSPS) is 16.3. The summed E-state index contributed by atoms with van der Waals surface area (Å²) in [5.74, 6) is -0.0246. The van der Waals surface area contributed by atoms with Crippen LogP contribution in [0.3, 0.4) is 0 Å². The van der Waals surface area contributed by atoms with Crippen LogP contribution in [0, 0.1) is 0 Å². The van der Waals surface area contributed by atoms with Crippen molar-refractivity contribution in [1.82, 2.24) is 4.90 Å². The van der Waals surface area contributed by atoms with Crippen molar-refractivity contribution in [3.8, 4) is 0 Å². The average Bonchev–Trinajstić information content (AvgIpc) is 2.45.